The Labute approximate surface area is 188 Å². The molecule has 0 aliphatic heterocycles. The molecular weight excluding hydrogens is 493 g/mol. The fourth-order valence-electron chi connectivity index (χ4n) is 2.67. The van der Waals surface area contributed by atoms with Crippen LogP contribution < -0.4 is 24.8 Å². The zero-order valence-corrected chi connectivity index (χ0v) is 19.6. The van der Waals surface area contributed by atoms with Crippen LogP contribution in [0.2, 0.25) is 5.02 Å². The van der Waals surface area contributed by atoms with Gasteiger partial charge in [-0.25, -0.2) is 0 Å². The van der Waals surface area contributed by atoms with E-state index in [1.807, 2.05) is 36.4 Å². The van der Waals surface area contributed by atoms with Crippen LogP contribution in [-0.4, -0.2) is 40.9 Å². The van der Waals surface area contributed by atoms with Gasteiger partial charge in [-0.05, 0) is 30.2 Å². The van der Waals surface area contributed by atoms with Gasteiger partial charge in [0.25, 0.3) is 0 Å². The molecular formula is C20H27ClIN3O3. The molecule has 0 atom stereocenters. The van der Waals surface area contributed by atoms with E-state index in [1.165, 1.54) is 0 Å². The van der Waals surface area contributed by atoms with Gasteiger partial charge in [-0.2, -0.15) is 0 Å². The summed E-state index contributed by atoms with van der Waals surface area (Å²) in [7, 11) is 6.62. The molecule has 0 saturated heterocycles. The number of ether oxygens (including phenoxy) is 3. The monoisotopic (exact) mass is 519 g/mol. The molecule has 2 N–H and O–H groups in total. The maximum Gasteiger partial charge on any atom is 0.191 e. The Hall–Kier alpha value is -1.87. The molecule has 0 heterocycles. The number of hydrogen-bond acceptors (Lipinski definition) is 4. The summed E-state index contributed by atoms with van der Waals surface area (Å²) in [5.41, 5.74) is 2.04. The van der Waals surface area contributed by atoms with E-state index in [1.54, 1.807) is 28.4 Å². The molecule has 0 bridgehead atoms. The molecule has 28 heavy (non-hydrogen) atoms. The summed E-state index contributed by atoms with van der Waals surface area (Å²) in [6.07, 6.45) is 0.770. The van der Waals surface area contributed by atoms with Crippen LogP contribution in [0.1, 0.15) is 11.1 Å². The third-order valence-corrected chi connectivity index (χ3v) is 4.45. The molecule has 2 aromatic carbocycles. The summed E-state index contributed by atoms with van der Waals surface area (Å²) in [6.45, 7) is 1.25. The zero-order valence-electron chi connectivity index (χ0n) is 16.5. The van der Waals surface area contributed by atoms with E-state index in [0.29, 0.717) is 35.6 Å². The van der Waals surface area contributed by atoms with Gasteiger partial charge < -0.3 is 24.8 Å². The smallest absolute Gasteiger partial charge is 0.191 e. The van der Waals surface area contributed by atoms with Crippen molar-refractivity contribution in [2.24, 2.45) is 4.99 Å². The van der Waals surface area contributed by atoms with Gasteiger partial charge in [0.1, 0.15) is 5.75 Å². The van der Waals surface area contributed by atoms with Gasteiger partial charge in [0.2, 0.25) is 0 Å². The number of rotatable bonds is 8. The van der Waals surface area contributed by atoms with Crippen molar-refractivity contribution in [2.45, 2.75) is 13.0 Å². The van der Waals surface area contributed by atoms with Gasteiger partial charge in [0, 0.05) is 30.7 Å². The number of guanidine groups is 1. The van der Waals surface area contributed by atoms with Crippen molar-refractivity contribution in [3.05, 3.63) is 52.5 Å². The number of hydrogen-bond donors (Lipinski definition) is 2. The minimum atomic E-state index is 0. The lowest BCUT2D eigenvalue weighted by molar-refractivity contribution is 0.351. The van der Waals surface area contributed by atoms with E-state index >= 15 is 0 Å². The van der Waals surface area contributed by atoms with E-state index in [2.05, 4.69) is 15.6 Å². The third kappa shape index (κ3) is 6.63. The number of benzene rings is 2. The van der Waals surface area contributed by atoms with E-state index in [-0.39, 0.29) is 24.0 Å². The summed E-state index contributed by atoms with van der Waals surface area (Å²) in [5.74, 6) is 2.87. The Bertz CT molecular complexity index is 787. The Balaban J connectivity index is 0.00000392. The number of nitrogens with one attached hydrogen (secondary N) is 2. The summed E-state index contributed by atoms with van der Waals surface area (Å²) >= 11 is 6.28. The van der Waals surface area contributed by atoms with Crippen molar-refractivity contribution in [1.29, 1.82) is 0 Å². The second-order valence-electron chi connectivity index (χ2n) is 5.71. The summed E-state index contributed by atoms with van der Waals surface area (Å²) < 4.78 is 16.0. The number of methoxy groups -OCH3 is 3. The first-order valence-corrected chi connectivity index (χ1v) is 8.97. The fourth-order valence-corrected chi connectivity index (χ4v) is 2.93. The van der Waals surface area contributed by atoms with E-state index in [9.17, 15) is 0 Å². The van der Waals surface area contributed by atoms with Crippen molar-refractivity contribution >= 4 is 41.5 Å². The van der Waals surface area contributed by atoms with Gasteiger partial charge in [-0.1, -0.05) is 29.8 Å². The molecule has 8 heteroatoms. The lowest BCUT2D eigenvalue weighted by Gasteiger charge is -2.15. The maximum atomic E-state index is 6.28. The molecule has 0 radical (unpaired) electrons. The normalized spacial score (nSPS) is 10.7. The van der Waals surface area contributed by atoms with Crippen molar-refractivity contribution < 1.29 is 14.2 Å². The second-order valence-corrected chi connectivity index (χ2v) is 6.12. The summed E-state index contributed by atoms with van der Waals surface area (Å²) in [6, 6.07) is 11.5. The maximum absolute atomic E-state index is 6.28. The quantitative estimate of drug-likeness (QED) is 0.315. The minimum absolute atomic E-state index is 0. The summed E-state index contributed by atoms with van der Waals surface area (Å²) in [5, 5.41) is 7.26. The predicted octanol–water partition coefficient (Wildman–Crippen LogP) is 3.89. The van der Waals surface area contributed by atoms with Gasteiger partial charge >= 0.3 is 0 Å². The molecule has 154 valence electrons. The summed E-state index contributed by atoms with van der Waals surface area (Å²) in [4.78, 5) is 4.25. The molecule has 2 rings (SSSR count). The molecule has 0 aromatic heterocycles. The number of halogens is 2. The van der Waals surface area contributed by atoms with Crippen molar-refractivity contribution in [3.8, 4) is 17.2 Å². The molecule has 2 aromatic rings. The molecule has 6 nitrogen and oxygen atoms in total. The topological polar surface area (TPSA) is 64.1 Å². The van der Waals surface area contributed by atoms with Crippen LogP contribution in [0.5, 0.6) is 17.2 Å². The lowest BCUT2D eigenvalue weighted by Crippen LogP contribution is -2.37. The molecule has 0 amide bonds. The molecule has 0 fully saturated rings. The highest BCUT2D eigenvalue weighted by molar-refractivity contribution is 14.0. The van der Waals surface area contributed by atoms with E-state index in [4.69, 9.17) is 25.8 Å². The average Bonchev–Trinajstić information content (AvgIpc) is 2.70. The lowest BCUT2D eigenvalue weighted by atomic mass is 10.1. The Kier molecular flexibility index (Phi) is 10.8. The van der Waals surface area contributed by atoms with Gasteiger partial charge in [-0.15, -0.1) is 24.0 Å². The van der Waals surface area contributed by atoms with Gasteiger partial charge in [0.15, 0.2) is 17.5 Å². The van der Waals surface area contributed by atoms with Gasteiger partial charge in [-0.3, -0.25) is 4.99 Å². The third-order valence-electron chi connectivity index (χ3n) is 4.10. The van der Waals surface area contributed by atoms with Crippen LogP contribution in [0.4, 0.5) is 0 Å². The van der Waals surface area contributed by atoms with Crippen LogP contribution in [0.15, 0.2) is 41.4 Å². The molecule has 0 spiro atoms. The fraction of sp³-hybridized carbons (Fsp3) is 0.350. The standard InChI is InChI=1S/C20H26ClN3O3.HI/c1-22-20(23-11-10-14-8-9-16(25-2)12-17(14)21)24-13-15-6-5-7-18(26-3)19(15)27-4;/h5-9,12H,10-11,13H2,1-4H3,(H2,22,23,24);1H. The van der Waals surface area contributed by atoms with Crippen LogP contribution in [0.3, 0.4) is 0 Å². The Morgan fingerprint density at radius 2 is 1.79 bits per heavy atom. The number of para-hydroxylation sites is 1. The van der Waals surface area contributed by atoms with E-state index < -0.39 is 0 Å². The molecule has 0 unspecified atom stereocenters. The molecule has 0 aliphatic rings. The zero-order chi connectivity index (χ0) is 19.6. The van der Waals surface area contributed by atoms with Crippen LogP contribution in [-0.2, 0) is 13.0 Å². The number of aliphatic imine (C=N–C) groups is 1. The molecule has 0 saturated carbocycles. The van der Waals surface area contributed by atoms with Crippen LogP contribution in [0.25, 0.3) is 0 Å². The van der Waals surface area contributed by atoms with Crippen LogP contribution in [0, 0.1) is 0 Å². The highest BCUT2D eigenvalue weighted by Crippen LogP contribution is 2.30. The number of nitrogens with zero attached hydrogens (tertiary/aromatic N) is 1. The Morgan fingerprint density at radius 1 is 1.00 bits per heavy atom. The van der Waals surface area contributed by atoms with Crippen molar-refractivity contribution in [2.75, 3.05) is 34.9 Å². The Morgan fingerprint density at radius 3 is 2.39 bits per heavy atom. The van der Waals surface area contributed by atoms with Crippen molar-refractivity contribution in [3.63, 3.8) is 0 Å². The van der Waals surface area contributed by atoms with E-state index in [0.717, 1.165) is 23.3 Å². The first-order chi connectivity index (χ1) is 13.1. The predicted molar refractivity (Wildman–Crippen MR) is 125 cm³/mol. The minimum Gasteiger partial charge on any atom is -0.497 e. The highest BCUT2D eigenvalue weighted by Gasteiger charge is 2.10. The van der Waals surface area contributed by atoms with Crippen molar-refractivity contribution in [1.82, 2.24) is 10.6 Å². The van der Waals surface area contributed by atoms with Gasteiger partial charge in [0.05, 0.1) is 21.3 Å². The SMILES string of the molecule is CN=C(NCCc1ccc(OC)cc1Cl)NCc1cccc(OC)c1OC.I. The van der Waals surface area contributed by atoms with Crippen LogP contribution >= 0.6 is 35.6 Å². The second kappa shape index (κ2) is 12.6. The first kappa shape index (κ1) is 24.2. The highest BCUT2D eigenvalue weighted by atomic mass is 127. The first-order valence-electron chi connectivity index (χ1n) is 8.59. The average molecular weight is 520 g/mol. The largest absolute Gasteiger partial charge is 0.497 e. The molecule has 0 aliphatic carbocycles.